The van der Waals surface area contributed by atoms with Crippen molar-refractivity contribution in [1.82, 2.24) is 0 Å². The summed E-state index contributed by atoms with van der Waals surface area (Å²) >= 11 is 6.17. The normalized spacial score (nSPS) is 28.8. The van der Waals surface area contributed by atoms with E-state index in [2.05, 4.69) is 0 Å². The van der Waals surface area contributed by atoms with Gasteiger partial charge in [-0.15, -0.1) is 0 Å². The number of amides is 1. The summed E-state index contributed by atoms with van der Waals surface area (Å²) in [6.45, 7) is -0.315. The van der Waals surface area contributed by atoms with Gasteiger partial charge in [-0.1, -0.05) is 41.9 Å². The quantitative estimate of drug-likeness (QED) is 0.889. The van der Waals surface area contributed by atoms with Crippen LogP contribution in [-0.4, -0.2) is 28.5 Å². The molecule has 23 heavy (non-hydrogen) atoms. The van der Waals surface area contributed by atoms with E-state index in [9.17, 15) is 15.0 Å². The zero-order chi connectivity index (χ0) is 16.2. The van der Waals surface area contributed by atoms with Crippen LogP contribution in [0.5, 0.6) is 0 Å². The van der Waals surface area contributed by atoms with Crippen LogP contribution in [0.15, 0.2) is 48.5 Å². The van der Waals surface area contributed by atoms with E-state index in [0.29, 0.717) is 16.3 Å². The molecule has 4 rings (SSSR count). The van der Waals surface area contributed by atoms with E-state index in [1.807, 2.05) is 30.3 Å². The van der Waals surface area contributed by atoms with Crippen molar-refractivity contribution in [2.24, 2.45) is 0 Å². The van der Waals surface area contributed by atoms with Crippen molar-refractivity contribution in [2.75, 3.05) is 11.5 Å². The van der Waals surface area contributed by atoms with Crippen LogP contribution in [0, 0.1) is 0 Å². The topological polar surface area (TPSA) is 60.8 Å². The number of halogens is 1. The molecule has 2 aliphatic rings. The van der Waals surface area contributed by atoms with Crippen molar-refractivity contribution in [3.63, 3.8) is 0 Å². The first-order chi connectivity index (χ1) is 11.0. The number of benzene rings is 2. The van der Waals surface area contributed by atoms with E-state index in [1.54, 1.807) is 18.2 Å². The van der Waals surface area contributed by atoms with Gasteiger partial charge in [0.05, 0.1) is 17.7 Å². The molecule has 2 aromatic carbocycles. The third-order valence-electron chi connectivity index (χ3n) is 5.15. The fraction of sp³-hybridized carbons (Fsp3) is 0.278. The van der Waals surface area contributed by atoms with Crippen LogP contribution >= 0.6 is 11.6 Å². The number of rotatable bonds is 2. The van der Waals surface area contributed by atoms with Gasteiger partial charge in [0.1, 0.15) is 0 Å². The average Bonchev–Trinajstić information content (AvgIpc) is 2.97. The molecule has 0 saturated carbocycles. The van der Waals surface area contributed by atoms with Crippen LogP contribution in [0.25, 0.3) is 0 Å². The Morgan fingerprint density at radius 3 is 2.61 bits per heavy atom. The number of aliphatic hydroxyl groups excluding tert-OH is 1. The van der Waals surface area contributed by atoms with E-state index in [0.717, 1.165) is 5.56 Å². The monoisotopic (exact) mass is 329 g/mol. The summed E-state index contributed by atoms with van der Waals surface area (Å²) in [6, 6.07) is 14.5. The lowest BCUT2D eigenvalue weighted by Gasteiger charge is -2.42. The highest BCUT2D eigenvalue weighted by Crippen LogP contribution is 2.58. The number of nitrogens with zero attached hydrogens (tertiary/aromatic N) is 1. The zero-order valence-corrected chi connectivity index (χ0v) is 13.1. The van der Waals surface area contributed by atoms with E-state index in [-0.39, 0.29) is 25.4 Å². The molecular formula is C18H16ClNO3. The molecule has 2 N–H and O–H groups in total. The molecule has 4 nitrogen and oxygen atoms in total. The summed E-state index contributed by atoms with van der Waals surface area (Å²) in [7, 11) is 0. The minimum atomic E-state index is -1.48. The van der Waals surface area contributed by atoms with Crippen molar-refractivity contribution >= 4 is 23.2 Å². The van der Waals surface area contributed by atoms with Crippen molar-refractivity contribution in [3.05, 3.63) is 64.7 Å². The molecule has 0 unspecified atom stereocenters. The summed E-state index contributed by atoms with van der Waals surface area (Å²) in [6.07, 6.45) is 0.529. The van der Waals surface area contributed by atoms with Crippen LogP contribution < -0.4 is 4.90 Å². The summed E-state index contributed by atoms with van der Waals surface area (Å²) in [5.74, 6) is -0.137. The van der Waals surface area contributed by atoms with Gasteiger partial charge in [0.2, 0.25) is 5.91 Å². The first-order valence-electron chi connectivity index (χ1n) is 7.56. The Labute approximate surface area is 138 Å². The molecule has 0 spiro atoms. The molecule has 0 bridgehead atoms. The van der Waals surface area contributed by atoms with Crippen LogP contribution in [0.3, 0.4) is 0 Å². The lowest BCUT2D eigenvalue weighted by atomic mass is 9.68. The first-order valence-corrected chi connectivity index (χ1v) is 7.94. The molecule has 1 saturated heterocycles. The number of anilines is 1. The summed E-state index contributed by atoms with van der Waals surface area (Å²) in [5, 5.41) is 22.4. The Kier molecular flexibility index (Phi) is 3.07. The molecule has 1 amide bonds. The first kappa shape index (κ1) is 14.7. The third-order valence-corrected chi connectivity index (χ3v) is 5.39. The summed E-state index contributed by atoms with van der Waals surface area (Å²) < 4.78 is 0. The van der Waals surface area contributed by atoms with Crippen LogP contribution in [0.4, 0.5) is 5.69 Å². The molecule has 0 aromatic heterocycles. The molecular weight excluding hydrogens is 314 g/mol. The highest BCUT2D eigenvalue weighted by atomic mass is 35.5. The molecule has 2 aliphatic heterocycles. The fourth-order valence-corrected chi connectivity index (χ4v) is 4.29. The molecule has 5 heteroatoms. The third kappa shape index (κ3) is 1.66. The van der Waals surface area contributed by atoms with Crippen molar-refractivity contribution < 1.29 is 15.0 Å². The van der Waals surface area contributed by atoms with Crippen molar-refractivity contribution in [2.45, 2.75) is 24.0 Å². The maximum absolute atomic E-state index is 12.4. The van der Waals surface area contributed by atoms with Gasteiger partial charge < -0.3 is 10.2 Å². The molecule has 0 aliphatic carbocycles. The van der Waals surface area contributed by atoms with E-state index < -0.39 is 11.1 Å². The number of hydrogen-bond donors (Lipinski definition) is 2. The van der Waals surface area contributed by atoms with Gasteiger partial charge in [0.15, 0.2) is 5.72 Å². The van der Waals surface area contributed by atoms with E-state index in [1.165, 1.54) is 4.90 Å². The Morgan fingerprint density at radius 2 is 1.91 bits per heavy atom. The number of hydrogen-bond acceptors (Lipinski definition) is 3. The lowest BCUT2D eigenvalue weighted by molar-refractivity contribution is -0.119. The number of carbonyl (C=O) groups is 1. The SMILES string of the molecule is O=C1CC[C@@]2(O)N1c1ccc(Cl)cc1[C@]2(CO)c1ccccc1. The smallest absolute Gasteiger partial charge is 0.229 e. The maximum Gasteiger partial charge on any atom is 0.229 e. The second-order valence-corrected chi connectivity index (χ2v) is 6.57. The Hall–Kier alpha value is -1.88. The van der Waals surface area contributed by atoms with Gasteiger partial charge in [-0.3, -0.25) is 9.69 Å². The molecule has 2 heterocycles. The van der Waals surface area contributed by atoms with Crippen LogP contribution in [-0.2, 0) is 10.2 Å². The van der Waals surface area contributed by atoms with Crippen molar-refractivity contribution in [3.8, 4) is 0 Å². The van der Waals surface area contributed by atoms with Gasteiger partial charge in [-0.2, -0.15) is 0 Å². The maximum atomic E-state index is 12.4. The van der Waals surface area contributed by atoms with Gasteiger partial charge in [0.25, 0.3) is 0 Å². The standard InChI is InChI=1S/C18H16ClNO3/c19-13-6-7-15-14(10-13)17(11-21,12-4-2-1-3-5-12)18(23)9-8-16(22)20(15)18/h1-7,10,21,23H,8-9,11H2/t17-,18-/m0/s1. The Bertz CT molecular complexity index is 794. The molecule has 2 atom stereocenters. The molecule has 0 radical (unpaired) electrons. The lowest BCUT2D eigenvalue weighted by Crippen LogP contribution is -2.58. The molecule has 118 valence electrons. The minimum absolute atomic E-state index is 0.137. The molecule has 2 aromatic rings. The van der Waals surface area contributed by atoms with E-state index >= 15 is 0 Å². The second kappa shape index (κ2) is 4.81. The number of aliphatic hydroxyl groups is 2. The fourth-order valence-electron chi connectivity index (χ4n) is 4.12. The Balaban J connectivity index is 2.09. The zero-order valence-electron chi connectivity index (χ0n) is 12.4. The van der Waals surface area contributed by atoms with Crippen molar-refractivity contribution in [1.29, 1.82) is 0 Å². The largest absolute Gasteiger partial charge is 0.395 e. The summed E-state index contributed by atoms with van der Waals surface area (Å²) in [5.41, 5.74) is -0.495. The predicted molar refractivity (Wildman–Crippen MR) is 87.4 cm³/mol. The van der Waals surface area contributed by atoms with Crippen LogP contribution in [0.1, 0.15) is 24.0 Å². The Morgan fingerprint density at radius 1 is 1.17 bits per heavy atom. The highest BCUT2D eigenvalue weighted by Gasteiger charge is 2.66. The predicted octanol–water partition coefficient (Wildman–Crippen LogP) is 2.45. The van der Waals surface area contributed by atoms with Gasteiger partial charge in [0, 0.05) is 17.9 Å². The highest BCUT2D eigenvalue weighted by molar-refractivity contribution is 6.30. The summed E-state index contributed by atoms with van der Waals surface area (Å²) in [4.78, 5) is 13.8. The van der Waals surface area contributed by atoms with Gasteiger partial charge >= 0.3 is 0 Å². The number of fused-ring (bicyclic) bond motifs is 3. The number of carbonyl (C=O) groups excluding carboxylic acids is 1. The van der Waals surface area contributed by atoms with Crippen LogP contribution in [0.2, 0.25) is 5.02 Å². The second-order valence-electron chi connectivity index (χ2n) is 6.14. The van der Waals surface area contributed by atoms with E-state index in [4.69, 9.17) is 11.6 Å². The average molecular weight is 330 g/mol. The molecule has 1 fully saturated rings. The minimum Gasteiger partial charge on any atom is -0.395 e. The van der Waals surface area contributed by atoms with Gasteiger partial charge in [-0.25, -0.2) is 0 Å². The van der Waals surface area contributed by atoms with Gasteiger partial charge in [-0.05, 0) is 29.3 Å².